The highest BCUT2D eigenvalue weighted by atomic mass is 19.4. The van der Waals surface area contributed by atoms with Gasteiger partial charge in [-0.1, -0.05) is 12.1 Å². The Balaban J connectivity index is 1.92. The van der Waals surface area contributed by atoms with E-state index in [0.29, 0.717) is 6.54 Å². The van der Waals surface area contributed by atoms with Crippen molar-refractivity contribution in [1.29, 1.82) is 0 Å². The number of nitrogens with zero attached hydrogens (tertiary/aromatic N) is 1. The van der Waals surface area contributed by atoms with Crippen molar-refractivity contribution >= 4 is 11.9 Å². The van der Waals surface area contributed by atoms with Crippen LogP contribution in [0.15, 0.2) is 42.6 Å². The zero-order valence-corrected chi connectivity index (χ0v) is 9.91. The molecular formula is C14H11F3N2. The molecule has 0 aliphatic carbocycles. The van der Waals surface area contributed by atoms with E-state index in [2.05, 4.69) is 5.32 Å². The largest absolute Gasteiger partial charge is 0.416 e. The number of fused-ring (bicyclic) bond motifs is 1. The number of hydrogen-bond acceptors (Lipinski definition) is 1. The van der Waals surface area contributed by atoms with E-state index >= 15 is 0 Å². The molecule has 0 saturated carbocycles. The normalized spacial score (nSPS) is 14.6. The topological polar surface area (TPSA) is 17.0 Å². The molecule has 2 aromatic rings. The maximum Gasteiger partial charge on any atom is 0.416 e. The Morgan fingerprint density at radius 3 is 2.47 bits per heavy atom. The van der Waals surface area contributed by atoms with Gasteiger partial charge in [0.15, 0.2) is 0 Å². The molecule has 98 valence electrons. The van der Waals surface area contributed by atoms with Gasteiger partial charge >= 0.3 is 6.18 Å². The average Bonchev–Trinajstić information content (AvgIpc) is 2.85. The first-order valence-electron chi connectivity index (χ1n) is 5.83. The Labute approximate surface area is 108 Å². The van der Waals surface area contributed by atoms with Crippen molar-refractivity contribution in [2.24, 2.45) is 0 Å². The fourth-order valence-electron chi connectivity index (χ4n) is 2.09. The number of nitrogens with one attached hydrogen (secondary N) is 1. The van der Waals surface area contributed by atoms with Gasteiger partial charge in [-0.05, 0) is 29.8 Å². The van der Waals surface area contributed by atoms with Crippen LogP contribution in [0.25, 0.3) is 11.9 Å². The van der Waals surface area contributed by atoms with Gasteiger partial charge in [0.2, 0.25) is 0 Å². The van der Waals surface area contributed by atoms with Crippen LogP contribution in [0.3, 0.4) is 0 Å². The maximum absolute atomic E-state index is 12.5. The molecule has 1 aliphatic heterocycles. The van der Waals surface area contributed by atoms with Crippen LogP contribution in [-0.4, -0.2) is 4.57 Å². The Bertz CT molecular complexity index is 621. The molecule has 2 heterocycles. The van der Waals surface area contributed by atoms with Crippen molar-refractivity contribution in [3.05, 3.63) is 59.4 Å². The molecule has 0 spiro atoms. The minimum atomic E-state index is -4.29. The summed E-state index contributed by atoms with van der Waals surface area (Å²) in [5.74, 6) is 0. The van der Waals surface area contributed by atoms with Gasteiger partial charge in [0.05, 0.1) is 17.8 Å². The molecule has 0 fully saturated rings. The summed E-state index contributed by atoms with van der Waals surface area (Å²) in [5.41, 5.74) is 2.05. The predicted octanol–water partition coefficient (Wildman–Crippen LogP) is 3.57. The number of benzene rings is 1. The van der Waals surface area contributed by atoms with Crippen LogP contribution in [0.4, 0.5) is 13.2 Å². The summed E-state index contributed by atoms with van der Waals surface area (Å²) in [7, 11) is 0. The lowest BCUT2D eigenvalue weighted by Gasteiger charge is -2.18. The van der Waals surface area contributed by atoms with Gasteiger partial charge in [-0.3, -0.25) is 0 Å². The van der Waals surface area contributed by atoms with E-state index in [1.165, 1.54) is 12.1 Å². The van der Waals surface area contributed by atoms with E-state index in [1.54, 1.807) is 0 Å². The highest BCUT2D eigenvalue weighted by molar-refractivity contribution is 5.75. The summed E-state index contributed by atoms with van der Waals surface area (Å²) in [5, 5.41) is 3.19. The SMILES string of the molecule is FC(F)(F)c1ccc(C2=Cn3cccc3CN2)cc1. The molecule has 0 bridgehead atoms. The van der Waals surface area contributed by atoms with E-state index < -0.39 is 11.7 Å². The fraction of sp³-hybridized carbons (Fsp3) is 0.143. The minimum Gasteiger partial charge on any atom is -0.378 e. The van der Waals surface area contributed by atoms with Gasteiger partial charge in [0, 0.05) is 18.1 Å². The lowest BCUT2D eigenvalue weighted by Crippen LogP contribution is -2.19. The summed E-state index contributed by atoms with van der Waals surface area (Å²) in [6.07, 6.45) is -0.498. The summed E-state index contributed by atoms with van der Waals surface area (Å²) in [6, 6.07) is 9.09. The first-order chi connectivity index (χ1) is 9.04. The molecular weight excluding hydrogens is 253 g/mol. The quantitative estimate of drug-likeness (QED) is 0.833. The Morgan fingerprint density at radius 2 is 1.79 bits per heavy atom. The fourth-order valence-corrected chi connectivity index (χ4v) is 2.09. The van der Waals surface area contributed by atoms with Gasteiger partial charge in [-0.15, -0.1) is 0 Å². The van der Waals surface area contributed by atoms with Crippen LogP contribution in [0.2, 0.25) is 0 Å². The van der Waals surface area contributed by atoms with E-state index in [-0.39, 0.29) is 0 Å². The van der Waals surface area contributed by atoms with Crippen molar-refractivity contribution in [3.63, 3.8) is 0 Å². The molecule has 0 amide bonds. The van der Waals surface area contributed by atoms with Crippen LogP contribution >= 0.6 is 0 Å². The monoisotopic (exact) mass is 264 g/mol. The lowest BCUT2D eigenvalue weighted by atomic mass is 10.1. The van der Waals surface area contributed by atoms with Crippen LogP contribution in [0, 0.1) is 0 Å². The van der Waals surface area contributed by atoms with E-state index in [0.717, 1.165) is 29.1 Å². The summed E-state index contributed by atoms with van der Waals surface area (Å²) in [4.78, 5) is 0. The molecule has 0 saturated heterocycles. The Kier molecular flexibility index (Phi) is 2.62. The van der Waals surface area contributed by atoms with Crippen LogP contribution in [0.5, 0.6) is 0 Å². The Morgan fingerprint density at radius 1 is 1.05 bits per heavy atom. The molecule has 1 N–H and O–H groups in total. The van der Waals surface area contributed by atoms with Gasteiger partial charge in [0.1, 0.15) is 0 Å². The van der Waals surface area contributed by atoms with Crippen LogP contribution in [-0.2, 0) is 12.7 Å². The second-order valence-electron chi connectivity index (χ2n) is 4.38. The number of halogens is 3. The first-order valence-corrected chi connectivity index (χ1v) is 5.83. The number of rotatable bonds is 1. The third-order valence-corrected chi connectivity index (χ3v) is 3.12. The van der Waals surface area contributed by atoms with Crippen molar-refractivity contribution < 1.29 is 13.2 Å². The molecule has 1 aromatic heterocycles. The standard InChI is InChI=1S/C14H11F3N2/c15-14(16,17)11-5-3-10(4-6-11)13-9-19-7-1-2-12(19)8-18-13/h1-7,9,18H,8H2. The second-order valence-corrected chi connectivity index (χ2v) is 4.38. The smallest absolute Gasteiger partial charge is 0.378 e. The number of alkyl halides is 3. The molecule has 19 heavy (non-hydrogen) atoms. The highest BCUT2D eigenvalue weighted by Crippen LogP contribution is 2.30. The summed E-state index contributed by atoms with van der Waals surface area (Å²) >= 11 is 0. The van der Waals surface area contributed by atoms with E-state index in [9.17, 15) is 13.2 Å². The summed E-state index contributed by atoms with van der Waals surface area (Å²) in [6.45, 7) is 0.667. The number of hydrogen-bond donors (Lipinski definition) is 1. The zero-order chi connectivity index (χ0) is 13.5. The molecule has 1 aromatic carbocycles. The van der Waals surface area contributed by atoms with Crippen molar-refractivity contribution in [1.82, 2.24) is 9.88 Å². The lowest BCUT2D eigenvalue weighted by molar-refractivity contribution is -0.137. The second kappa shape index (κ2) is 4.19. The maximum atomic E-state index is 12.5. The van der Waals surface area contributed by atoms with Crippen molar-refractivity contribution in [2.45, 2.75) is 12.7 Å². The van der Waals surface area contributed by atoms with Gasteiger partial charge in [-0.25, -0.2) is 0 Å². The van der Waals surface area contributed by atoms with Gasteiger partial charge in [-0.2, -0.15) is 13.2 Å². The molecule has 2 nitrogen and oxygen atoms in total. The number of aromatic nitrogens is 1. The minimum absolute atomic E-state index is 0.630. The highest BCUT2D eigenvalue weighted by Gasteiger charge is 2.30. The molecule has 5 heteroatoms. The molecule has 0 atom stereocenters. The van der Waals surface area contributed by atoms with Gasteiger partial charge < -0.3 is 9.88 Å². The Hall–Kier alpha value is -2.17. The van der Waals surface area contributed by atoms with Crippen LogP contribution < -0.4 is 5.32 Å². The van der Waals surface area contributed by atoms with Crippen molar-refractivity contribution in [2.75, 3.05) is 0 Å². The predicted molar refractivity (Wildman–Crippen MR) is 66.9 cm³/mol. The van der Waals surface area contributed by atoms with Crippen LogP contribution in [0.1, 0.15) is 16.8 Å². The molecule has 1 aliphatic rings. The third-order valence-electron chi connectivity index (χ3n) is 3.12. The van der Waals surface area contributed by atoms with Crippen molar-refractivity contribution in [3.8, 4) is 0 Å². The molecule has 0 unspecified atom stereocenters. The molecule has 0 radical (unpaired) electrons. The van der Waals surface area contributed by atoms with E-state index in [1.807, 2.05) is 29.1 Å². The zero-order valence-electron chi connectivity index (χ0n) is 9.91. The average molecular weight is 264 g/mol. The molecule has 3 rings (SSSR count). The first kappa shape index (κ1) is 11.9. The third kappa shape index (κ3) is 2.23. The summed E-state index contributed by atoms with van der Waals surface area (Å²) < 4.78 is 39.4. The van der Waals surface area contributed by atoms with Gasteiger partial charge in [0.25, 0.3) is 0 Å². The van der Waals surface area contributed by atoms with E-state index in [4.69, 9.17) is 0 Å².